The molecule has 2 fully saturated rings. The zero-order valence-electron chi connectivity index (χ0n) is 12.7. The fourth-order valence-electron chi connectivity index (χ4n) is 4.17. The van der Waals surface area contributed by atoms with Crippen molar-refractivity contribution in [3.8, 4) is 0 Å². The van der Waals surface area contributed by atoms with Crippen LogP contribution < -0.4 is 0 Å². The monoisotopic (exact) mass is 267 g/mol. The van der Waals surface area contributed by atoms with Crippen molar-refractivity contribution in [3.05, 3.63) is 0 Å². The topological polar surface area (TPSA) is 40.5 Å². The molecule has 1 heterocycles. The minimum absolute atomic E-state index is 0.345. The first kappa shape index (κ1) is 14.8. The smallest absolute Gasteiger partial charge is 0.310 e. The predicted octanol–water partition coefficient (Wildman–Crippen LogP) is 3.39. The Morgan fingerprint density at radius 1 is 1.32 bits per heavy atom. The molecule has 1 N–H and O–H groups in total. The summed E-state index contributed by atoms with van der Waals surface area (Å²) in [6.07, 6.45) is 6.46. The Balaban J connectivity index is 2.06. The maximum absolute atomic E-state index is 11.8. The second-order valence-electron chi connectivity index (χ2n) is 7.77. The first-order valence-electron chi connectivity index (χ1n) is 7.79. The summed E-state index contributed by atoms with van der Waals surface area (Å²) in [6.45, 7) is 9.70. The Bertz CT molecular complexity index is 340. The second kappa shape index (κ2) is 5.43. The third kappa shape index (κ3) is 3.50. The molecular formula is C16H29NO2. The molecule has 0 aromatic rings. The zero-order valence-corrected chi connectivity index (χ0v) is 12.7. The second-order valence-corrected chi connectivity index (χ2v) is 7.77. The van der Waals surface area contributed by atoms with E-state index in [2.05, 4.69) is 25.7 Å². The Hall–Kier alpha value is -0.570. The largest absolute Gasteiger partial charge is 0.481 e. The maximum atomic E-state index is 11.8. The first-order valence-corrected chi connectivity index (χ1v) is 7.79. The van der Waals surface area contributed by atoms with Gasteiger partial charge in [-0.2, -0.15) is 0 Å². The first-order chi connectivity index (χ1) is 8.83. The van der Waals surface area contributed by atoms with E-state index in [4.69, 9.17) is 0 Å². The fourth-order valence-corrected chi connectivity index (χ4v) is 4.17. The molecule has 2 rings (SSSR count). The number of nitrogens with zero attached hydrogens (tertiary/aromatic N) is 1. The number of aliphatic carboxylic acids is 1. The normalized spacial score (nSPS) is 36.1. The molecule has 110 valence electrons. The van der Waals surface area contributed by atoms with Gasteiger partial charge in [-0.1, -0.05) is 33.6 Å². The molecule has 0 aromatic carbocycles. The molecule has 0 aromatic heterocycles. The lowest BCUT2D eigenvalue weighted by atomic mass is 9.69. The van der Waals surface area contributed by atoms with Crippen molar-refractivity contribution < 1.29 is 9.90 Å². The van der Waals surface area contributed by atoms with Crippen LogP contribution in [0.4, 0.5) is 0 Å². The highest BCUT2D eigenvalue weighted by Gasteiger charge is 2.44. The van der Waals surface area contributed by atoms with Crippen molar-refractivity contribution >= 4 is 5.97 Å². The molecule has 2 aliphatic rings. The number of likely N-dealkylation sites (tertiary alicyclic amines) is 1. The van der Waals surface area contributed by atoms with Gasteiger partial charge in [0.05, 0.1) is 5.41 Å². The summed E-state index contributed by atoms with van der Waals surface area (Å²) in [4.78, 5) is 14.2. The van der Waals surface area contributed by atoms with Gasteiger partial charge in [0.25, 0.3) is 0 Å². The summed E-state index contributed by atoms with van der Waals surface area (Å²) >= 11 is 0. The minimum atomic E-state index is -0.567. The third-order valence-electron chi connectivity index (χ3n) is 5.05. The van der Waals surface area contributed by atoms with Crippen molar-refractivity contribution in [1.82, 2.24) is 4.90 Å². The van der Waals surface area contributed by atoms with Crippen LogP contribution in [0.2, 0.25) is 0 Å². The van der Waals surface area contributed by atoms with Gasteiger partial charge >= 0.3 is 5.97 Å². The van der Waals surface area contributed by atoms with Gasteiger partial charge in [0.1, 0.15) is 0 Å². The lowest BCUT2D eigenvalue weighted by Crippen LogP contribution is -2.50. The van der Waals surface area contributed by atoms with E-state index >= 15 is 0 Å². The molecule has 0 bridgehead atoms. The van der Waals surface area contributed by atoms with Crippen LogP contribution in [0.15, 0.2) is 0 Å². The molecule has 0 radical (unpaired) electrons. The zero-order chi connectivity index (χ0) is 14.1. The average molecular weight is 267 g/mol. The molecule has 2 unspecified atom stereocenters. The van der Waals surface area contributed by atoms with Gasteiger partial charge < -0.3 is 10.0 Å². The van der Waals surface area contributed by atoms with Gasteiger partial charge in [-0.05, 0) is 43.6 Å². The Morgan fingerprint density at radius 3 is 2.63 bits per heavy atom. The summed E-state index contributed by atoms with van der Waals surface area (Å²) in [7, 11) is 0. The molecule has 1 saturated heterocycles. The van der Waals surface area contributed by atoms with Crippen LogP contribution in [-0.4, -0.2) is 35.6 Å². The number of carboxylic acids is 1. The lowest BCUT2D eigenvalue weighted by molar-refractivity contribution is -0.154. The summed E-state index contributed by atoms with van der Waals surface area (Å²) in [5.41, 5.74) is -0.136. The van der Waals surface area contributed by atoms with Crippen LogP contribution in [0, 0.1) is 16.7 Å². The molecule has 1 aliphatic heterocycles. The van der Waals surface area contributed by atoms with E-state index in [9.17, 15) is 9.90 Å². The molecule has 19 heavy (non-hydrogen) atoms. The van der Waals surface area contributed by atoms with E-state index in [0.29, 0.717) is 11.3 Å². The molecule has 3 nitrogen and oxygen atoms in total. The molecule has 2 atom stereocenters. The summed E-state index contributed by atoms with van der Waals surface area (Å²) in [5.74, 6) is -0.00918. The van der Waals surface area contributed by atoms with Gasteiger partial charge in [0, 0.05) is 13.1 Å². The van der Waals surface area contributed by atoms with Crippen LogP contribution in [0.1, 0.15) is 59.3 Å². The van der Waals surface area contributed by atoms with Gasteiger partial charge in [-0.25, -0.2) is 0 Å². The fraction of sp³-hybridized carbons (Fsp3) is 0.938. The highest BCUT2D eigenvalue weighted by atomic mass is 16.4. The molecule has 1 saturated carbocycles. The highest BCUT2D eigenvalue weighted by molar-refractivity contribution is 5.75. The van der Waals surface area contributed by atoms with Gasteiger partial charge in [-0.3, -0.25) is 4.79 Å². The van der Waals surface area contributed by atoms with Crippen LogP contribution in [-0.2, 0) is 4.79 Å². The van der Waals surface area contributed by atoms with Crippen molar-refractivity contribution in [2.75, 3.05) is 19.6 Å². The quantitative estimate of drug-likeness (QED) is 0.852. The molecule has 3 heteroatoms. The summed E-state index contributed by atoms with van der Waals surface area (Å²) in [5, 5.41) is 9.74. The van der Waals surface area contributed by atoms with Crippen molar-refractivity contribution in [2.24, 2.45) is 16.7 Å². The number of hydrogen-bond acceptors (Lipinski definition) is 2. The number of carboxylic acid groups (broad SMARTS) is 1. The van der Waals surface area contributed by atoms with E-state index in [1.807, 2.05) is 0 Å². The van der Waals surface area contributed by atoms with E-state index < -0.39 is 11.4 Å². The van der Waals surface area contributed by atoms with Crippen LogP contribution in [0.3, 0.4) is 0 Å². The third-order valence-corrected chi connectivity index (χ3v) is 5.05. The molecule has 0 amide bonds. The maximum Gasteiger partial charge on any atom is 0.310 e. The van der Waals surface area contributed by atoms with Crippen molar-refractivity contribution in [2.45, 2.75) is 59.3 Å². The standard InChI is InChI=1S/C16H29NO2/c1-13-6-4-8-16(10-13,14(18)19)12-17-9-5-7-15(2,3)11-17/h13H,4-12H2,1-3H3,(H,18,19). The Kier molecular flexibility index (Phi) is 4.24. The predicted molar refractivity (Wildman–Crippen MR) is 77.2 cm³/mol. The summed E-state index contributed by atoms with van der Waals surface area (Å²) < 4.78 is 0. The minimum Gasteiger partial charge on any atom is -0.481 e. The Morgan fingerprint density at radius 2 is 2.05 bits per heavy atom. The summed E-state index contributed by atoms with van der Waals surface area (Å²) in [6, 6.07) is 0. The van der Waals surface area contributed by atoms with Gasteiger partial charge in [0.15, 0.2) is 0 Å². The van der Waals surface area contributed by atoms with Crippen LogP contribution in [0.25, 0.3) is 0 Å². The number of rotatable bonds is 3. The average Bonchev–Trinajstić information content (AvgIpc) is 2.27. The number of carbonyl (C=O) groups is 1. The van der Waals surface area contributed by atoms with Gasteiger partial charge in [0.2, 0.25) is 0 Å². The van der Waals surface area contributed by atoms with Gasteiger partial charge in [-0.15, -0.1) is 0 Å². The Labute approximate surface area is 117 Å². The van der Waals surface area contributed by atoms with Crippen molar-refractivity contribution in [3.63, 3.8) is 0 Å². The molecule has 1 aliphatic carbocycles. The van der Waals surface area contributed by atoms with E-state index in [0.717, 1.165) is 38.9 Å². The molecule has 0 spiro atoms. The van der Waals surface area contributed by atoms with Crippen LogP contribution in [0.5, 0.6) is 0 Å². The van der Waals surface area contributed by atoms with E-state index in [-0.39, 0.29) is 0 Å². The number of hydrogen-bond donors (Lipinski definition) is 1. The number of piperidine rings is 1. The molecular weight excluding hydrogens is 238 g/mol. The SMILES string of the molecule is CC1CCCC(CN2CCCC(C)(C)C2)(C(=O)O)C1. The highest BCUT2D eigenvalue weighted by Crippen LogP contribution is 2.41. The van der Waals surface area contributed by atoms with E-state index in [1.54, 1.807) is 0 Å². The van der Waals surface area contributed by atoms with Crippen molar-refractivity contribution in [1.29, 1.82) is 0 Å². The van der Waals surface area contributed by atoms with Crippen LogP contribution >= 0.6 is 0 Å². The van der Waals surface area contributed by atoms with E-state index in [1.165, 1.54) is 19.3 Å². The lowest BCUT2D eigenvalue weighted by Gasteiger charge is -2.44.